The largest absolute Gasteiger partial charge is 0.481 e. The lowest BCUT2D eigenvalue weighted by Crippen LogP contribution is -2.24. The number of carboxylic acid groups (broad SMARTS) is 1. The van der Waals surface area contributed by atoms with Gasteiger partial charge in [0, 0.05) is 31.6 Å². The molecule has 1 aromatic rings. The summed E-state index contributed by atoms with van der Waals surface area (Å²) in [7, 11) is -1.22. The predicted molar refractivity (Wildman–Crippen MR) is 71.1 cm³/mol. The van der Waals surface area contributed by atoms with E-state index in [9.17, 15) is 13.2 Å². The van der Waals surface area contributed by atoms with Crippen molar-refractivity contribution in [3.63, 3.8) is 0 Å². The van der Waals surface area contributed by atoms with Crippen molar-refractivity contribution in [3.05, 3.63) is 11.1 Å². The average Bonchev–Trinajstić information content (AvgIpc) is 2.70. The summed E-state index contributed by atoms with van der Waals surface area (Å²) in [6, 6.07) is 0. The van der Waals surface area contributed by atoms with Crippen LogP contribution in [0.3, 0.4) is 0 Å². The minimum absolute atomic E-state index is 0.0518. The van der Waals surface area contributed by atoms with Crippen LogP contribution in [0.15, 0.2) is 5.38 Å². The van der Waals surface area contributed by atoms with E-state index in [2.05, 4.69) is 4.98 Å². The van der Waals surface area contributed by atoms with Crippen LogP contribution in [0.5, 0.6) is 0 Å². The van der Waals surface area contributed by atoms with Gasteiger partial charge in [0.1, 0.15) is 9.84 Å². The Hall–Kier alpha value is -1.15. The van der Waals surface area contributed by atoms with Crippen molar-refractivity contribution >= 4 is 32.3 Å². The maximum atomic E-state index is 11.0. The molecule has 18 heavy (non-hydrogen) atoms. The van der Waals surface area contributed by atoms with E-state index in [1.165, 1.54) is 17.6 Å². The summed E-state index contributed by atoms with van der Waals surface area (Å²) in [5.41, 5.74) is 0.726. The topological polar surface area (TPSA) is 87.6 Å². The fourth-order valence-corrected chi connectivity index (χ4v) is 2.68. The number of anilines is 1. The van der Waals surface area contributed by atoms with Gasteiger partial charge in [-0.05, 0) is 0 Å². The number of rotatable bonds is 7. The fourth-order valence-electron chi connectivity index (χ4n) is 1.22. The van der Waals surface area contributed by atoms with Crippen molar-refractivity contribution < 1.29 is 18.3 Å². The molecule has 0 fully saturated rings. The molecular formula is C10H16N2O4S2. The van der Waals surface area contributed by atoms with Crippen molar-refractivity contribution in [1.29, 1.82) is 0 Å². The van der Waals surface area contributed by atoms with Gasteiger partial charge in [-0.15, -0.1) is 11.3 Å². The quantitative estimate of drug-likeness (QED) is 0.793. The minimum atomic E-state index is -2.98. The minimum Gasteiger partial charge on any atom is -0.481 e. The van der Waals surface area contributed by atoms with Gasteiger partial charge in [-0.25, -0.2) is 13.4 Å². The Labute approximate surface area is 110 Å². The maximum Gasteiger partial charge on any atom is 0.303 e. The Morgan fingerprint density at radius 3 is 2.78 bits per heavy atom. The predicted octanol–water partition coefficient (Wildman–Crippen LogP) is 0.641. The second kappa shape index (κ2) is 6.14. The second-order valence-electron chi connectivity index (χ2n) is 4.07. The molecule has 0 aromatic carbocycles. The number of sulfone groups is 1. The van der Waals surface area contributed by atoms with E-state index in [4.69, 9.17) is 5.11 Å². The molecule has 0 aliphatic rings. The van der Waals surface area contributed by atoms with Gasteiger partial charge in [0.2, 0.25) is 0 Å². The molecule has 102 valence electrons. The van der Waals surface area contributed by atoms with E-state index in [0.717, 1.165) is 5.69 Å². The van der Waals surface area contributed by atoms with Gasteiger partial charge >= 0.3 is 5.97 Å². The van der Waals surface area contributed by atoms with Gasteiger partial charge in [-0.3, -0.25) is 4.79 Å². The van der Waals surface area contributed by atoms with Crippen molar-refractivity contribution in [3.8, 4) is 0 Å². The molecular weight excluding hydrogens is 276 g/mol. The van der Waals surface area contributed by atoms with Crippen LogP contribution in [0.25, 0.3) is 0 Å². The van der Waals surface area contributed by atoms with E-state index in [-0.39, 0.29) is 12.2 Å². The zero-order valence-electron chi connectivity index (χ0n) is 10.3. The number of hydrogen-bond acceptors (Lipinski definition) is 6. The molecule has 0 atom stereocenters. The normalized spacial score (nSPS) is 11.4. The molecule has 6 nitrogen and oxygen atoms in total. The smallest absolute Gasteiger partial charge is 0.303 e. The monoisotopic (exact) mass is 292 g/mol. The molecule has 0 radical (unpaired) electrons. The number of carbonyl (C=O) groups is 1. The third-order valence-electron chi connectivity index (χ3n) is 2.26. The van der Waals surface area contributed by atoms with Gasteiger partial charge < -0.3 is 10.0 Å². The van der Waals surface area contributed by atoms with Crippen LogP contribution in [-0.2, 0) is 21.1 Å². The van der Waals surface area contributed by atoms with E-state index >= 15 is 0 Å². The Bertz CT molecular complexity index is 510. The lowest BCUT2D eigenvalue weighted by Gasteiger charge is -2.14. The van der Waals surface area contributed by atoms with E-state index in [1.54, 1.807) is 17.3 Å². The standard InChI is InChI=1S/C10H16N2O4S2/c1-12(5-6-18(2,15)16)10-11-8(7-17-10)3-4-9(13)14/h7H,3-6H2,1-2H3,(H,13,14). The van der Waals surface area contributed by atoms with Crippen LogP contribution < -0.4 is 4.90 Å². The first-order chi connectivity index (χ1) is 8.28. The summed E-state index contributed by atoms with van der Waals surface area (Å²) >= 11 is 1.39. The highest BCUT2D eigenvalue weighted by molar-refractivity contribution is 7.90. The first-order valence-corrected chi connectivity index (χ1v) is 8.27. The summed E-state index contributed by atoms with van der Waals surface area (Å²) in [6.07, 6.45) is 1.64. The third-order valence-corrected chi connectivity index (χ3v) is 4.19. The van der Waals surface area contributed by atoms with Crippen molar-refractivity contribution in [2.75, 3.05) is 30.5 Å². The highest BCUT2D eigenvalue weighted by Crippen LogP contribution is 2.20. The van der Waals surface area contributed by atoms with Crippen LogP contribution in [0.2, 0.25) is 0 Å². The molecule has 0 spiro atoms. The second-order valence-corrected chi connectivity index (χ2v) is 7.16. The highest BCUT2D eigenvalue weighted by Gasteiger charge is 2.10. The van der Waals surface area contributed by atoms with Crippen LogP contribution in [0, 0.1) is 0 Å². The summed E-state index contributed by atoms with van der Waals surface area (Å²) in [5.74, 6) is -0.775. The lowest BCUT2D eigenvalue weighted by molar-refractivity contribution is -0.136. The number of aryl methyl sites for hydroxylation is 1. The van der Waals surface area contributed by atoms with Crippen LogP contribution in [0.1, 0.15) is 12.1 Å². The Balaban J connectivity index is 2.54. The zero-order chi connectivity index (χ0) is 13.8. The summed E-state index contributed by atoms with van der Waals surface area (Å²) in [6.45, 7) is 0.380. The van der Waals surface area contributed by atoms with E-state index in [1.807, 2.05) is 0 Å². The van der Waals surface area contributed by atoms with Crippen LogP contribution in [0.4, 0.5) is 5.13 Å². The van der Waals surface area contributed by atoms with Gasteiger partial charge in [0.25, 0.3) is 0 Å². The molecule has 0 aliphatic carbocycles. The highest BCUT2D eigenvalue weighted by atomic mass is 32.2. The van der Waals surface area contributed by atoms with Crippen molar-refractivity contribution in [2.45, 2.75) is 12.8 Å². The molecule has 8 heteroatoms. The molecule has 1 N–H and O–H groups in total. The molecule has 0 saturated heterocycles. The summed E-state index contributed by atoms with van der Waals surface area (Å²) < 4.78 is 22.1. The first kappa shape index (κ1) is 14.9. The molecule has 1 heterocycles. The van der Waals surface area contributed by atoms with E-state index in [0.29, 0.717) is 18.1 Å². The third kappa shape index (κ3) is 5.46. The van der Waals surface area contributed by atoms with Gasteiger partial charge in [-0.2, -0.15) is 0 Å². The Kier molecular flexibility index (Phi) is 5.09. The number of carboxylic acids is 1. The summed E-state index contributed by atoms with van der Waals surface area (Å²) in [5, 5.41) is 11.1. The number of hydrogen-bond donors (Lipinski definition) is 1. The lowest BCUT2D eigenvalue weighted by atomic mass is 10.2. The number of nitrogens with zero attached hydrogens (tertiary/aromatic N) is 2. The maximum absolute atomic E-state index is 11.0. The Morgan fingerprint density at radius 2 is 2.22 bits per heavy atom. The molecule has 0 saturated carbocycles. The van der Waals surface area contributed by atoms with Crippen molar-refractivity contribution in [2.24, 2.45) is 0 Å². The fraction of sp³-hybridized carbons (Fsp3) is 0.600. The van der Waals surface area contributed by atoms with E-state index < -0.39 is 15.8 Å². The zero-order valence-corrected chi connectivity index (χ0v) is 11.9. The van der Waals surface area contributed by atoms with Crippen LogP contribution >= 0.6 is 11.3 Å². The summed E-state index contributed by atoms with van der Waals surface area (Å²) in [4.78, 5) is 16.5. The SMILES string of the molecule is CN(CCS(C)(=O)=O)c1nc(CCC(=O)O)cs1. The first-order valence-electron chi connectivity index (χ1n) is 5.33. The number of aliphatic carboxylic acids is 1. The molecule has 0 bridgehead atoms. The van der Waals surface area contributed by atoms with Crippen molar-refractivity contribution in [1.82, 2.24) is 4.98 Å². The molecule has 0 aliphatic heterocycles. The van der Waals surface area contributed by atoms with Gasteiger partial charge in [-0.1, -0.05) is 0 Å². The number of aromatic nitrogens is 1. The molecule has 0 amide bonds. The molecule has 0 unspecified atom stereocenters. The average molecular weight is 292 g/mol. The molecule has 1 aromatic heterocycles. The number of thiazole rings is 1. The van der Waals surface area contributed by atoms with Gasteiger partial charge in [0.05, 0.1) is 17.9 Å². The van der Waals surface area contributed by atoms with Crippen LogP contribution in [-0.4, -0.2) is 50.1 Å². The van der Waals surface area contributed by atoms with Gasteiger partial charge in [0.15, 0.2) is 5.13 Å². The Morgan fingerprint density at radius 1 is 1.56 bits per heavy atom. The molecule has 1 rings (SSSR count).